The number of methoxy groups -OCH3 is 1. The van der Waals surface area contributed by atoms with Crippen molar-refractivity contribution in [2.45, 2.75) is 18.8 Å². The summed E-state index contributed by atoms with van der Waals surface area (Å²) in [5.74, 6) is -2.64. The van der Waals surface area contributed by atoms with E-state index in [9.17, 15) is 19.2 Å². The Morgan fingerprint density at radius 3 is 2.10 bits per heavy atom. The number of carboxylic acids is 2. The molecule has 0 aliphatic carbocycles. The molecule has 0 bridgehead atoms. The third-order valence-corrected chi connectivity index (χ3v) is 6.48. The molecule has 1 fully saturated rings. The second-order valence-corrected chi connectivity index (χ2v) is 8.88. The molecule has 0 saturated carbocycles. The number of piperazine rings is 1. The first-order valence-electron chi connectivity index (χ1n) is 12.0. The lowest BCUT2D eigenvalue weighted by Gasteiger charge is -2.36. The van der Waals surface area contributed by atoms with Gasteiger partial charge in [0.25, 0.3) is 5.56 Å². The van der Waals surface area contributed by atoms with Crippen LogP contribution < -0.4 is 20.9 Å². The van der Waals surface area contributed by atoms with Crippen LogP contribution in [0.25, 0.3) is 11.2 Å². The van der Waals surface area contributed by atoms with E-state index in [1.54, 1.807) is 20.5 Å². The molecule has 3 heterocycles. The van der Waals surface area contributed by atoms with E-state index in [-0.39, 0.29) is 11.2 Å². The van der Waals surface area contributed by atoms with E-state index in [1.165, 1.54) is 11.6 Å². The third-order valence-electron chi connectivity index (χ3n) is 6.48. The number of ether oxygens (including phenoxy) is 1. The van der Waals surface area contributed by atoms with E-state index in [4.69, 9.17) is 25.2 Å². The van der Waals surface area contributed by atoms with Crippen LogP contribution in [0.2, 0.25) is 0 Å². The highest BCUT2D eigenvalue weighted by atomic mass is 16.5. The number of aryl methyl sites for hydroxylation is 1. The number of carbonyl (C=O) groups is 2. The van der Waals surface area contributed by atoms with E-state index >= 15 is 0 Å². The predicted octanol–water partition coefficient (Wildman–Crippen LogP) is -1.86. The van der Waals surface area contributed by atoms with Gasteiger partial charge in [0.15, 0.2) is 23.4 Å². The van der Waals surface area contributed by atoms with Crippen molar-refractivity contribution in [1.29, 1.82) is 0 Å². The van der Waals surface area contributed by atoms with Crippen molar-refractivity contribution < 1.29 is 34.8 Å². The van der Waals surface area contributed by atoms with Gasteiger partial charge in [0.2, 0.25) is 0 Å². The van der Waals surface area contributed by atoms with Gasteiger partial charge in [0.05, 0.1) is 19.1 Å². The second kappa shape index (κ2) is 12.6. The number of fused-ring (bicyclic) bond motifs is 1. The van der Waals surface area contributed by atoms with E-state index in [2.05, 4.69) is 20.9 Å². The second-order valence-electron chi connectivity index (χ2n) is 8.88. The Hall–Kier alpha value is -4.21. The monoisotopic (exact) mass is 548 g/mol. The molecule has 4 N–H and O–H groups in total. The minimum Gasteiger partial charge on any atom is -0.495 e. The molecule has 39 heavy (non-hydrogen) atoms. The Balaban J connectivity index is 0.000000360. The number of aliphatic carboxylic acids is 2. The van der Waals surface area contributed by atoms with Gasteiger partial charge < -0.3 is 34.6 Å². The van der Waals surface area contributed by atoms with Crippen LogP contribution in [-0.4, -0.2) is 108 Å². The molecule has 2 unspecified atom stereocenters. The van der Waals surface area contributed by atoms with Crippen LogP contribution in [0.4, 0.5) is 5.69 Å². The molecule has 2 atom stereocenters. The van der Waals surface area contributed by atoms with Crippen LogP contribution in [0.3, 0.4) is 0 Å². The van der Waals surface area contributed by atoms with Crippen LogP contribution in [0, 0.1) is 0 Å². The lowest BCUT2D eigenvalue weighted by atomic mass is 10.2. The Labute approximate surface area is 222 Å². The smallest absolute Gasteiger partial charge is 0.335 e. The summed E-state index contributed by atoms with van der Waals surface area (Å²) < 4.78 is 9.88. The van der Waals surface area contributed by atoms with Gasteiger partial charge in [-0.1, -0.05) is 12.1 Å². The zero-order chi connectivity index (χ0) is 28.9. The molecule has 0 amide bonds. The van der Waals surface area contributed by atoms with Crippen molar-refractivity contribution in [1.82, 2.24) is 23.6 Å². The van der Waals surface area contributed by atoms with Gasteiger partial charge in [0.1, 0.15) is 5.75 Å². The van der Waals surface area contributed by atoms with Gasteiger partial charge in [0, 0.05) is 53.4 Å². The maximum absolute atomic E-state index is 12.6. The molecule has 3 aromatic rings. The van der Waals surface area contributed by atoms with Crippen molar-refractivity contribution >= 4 is 28.8 Å². The number of benzene rings is 1. The average molecular weight is 549 g/mol. The van der Waals surface area contributed by atoms with Crippen LogP contribution in [0.1, 0.15) is 0 Å². The minimum absolute atomic E-state index is 0.304. The number of aliphatic hydroxyl groups excluding tert-OH is 2. The largest absolute Gasteiger partial charge is 0.495 e. The number of hydrogen-bond acceptors (Lipinski definition) is 10. The first-order chi connectivity index (χ1) is 18.5. The lowest BCUT2D eigenvalue weighted by molar-refractivity contribution is -0.165. The standard InChI is InChI=1S/C20H26N6O3.C4H6O6/c1-22-18-17(19(27)23(2)20(22)28)26(14-21-18)13-10-24-8-11-25(12-9-24)15-6-4-5-7-16(15)29-3;5-1(3(7)8)2(6)4(9)10/h4-7,14H,8-13H2,1-3H3;1-2,5-6H,(H,7,8)(H,9,10). The molecular formula is C24H32N6O9. The minimum atomic E-state index is -2.27. The summed E-state index contributed by atoms with van der Waals surface area (Å²) in [6, 6.07) is 8.09. The van der Waals surface area contributed by atoms with Gasteiger partial charge in [-0.15, -0.1) is 0 Å². The number of rotatable bonds is 8. The normalized spacial score (nSPS) is 15.4. The zero-order valence-corrected chi connectivity index (χ0v) is 21.8. The van der Waals surface area contributed by atoms with Gasteiger partial charge >= 0.3 is 17.6 Å². The maximum Gasteiger partial charge on any atom is 0.335 e. The highest BCUT2D eigenvalue weighted by molar-refractivity contribution is 5.83. The number of carboxylic acid groups (broad SMARTS) is 2. The maximum atomic E-state index is 12.6. The molecule has 1 aromatic carbocycles. The number of anilines is 1. The summed E-state index contributed by atoms with van der Waals surface area (Å²) in [7, 11) is 4.83. The summed E-state index contributed by atoms with van der Waals surface area (Å²) in [5, 5.41) is 32.5. The lowest BCUT2D eigenvalue weighted by Crippen LogP contribution is -2.47. The van der Waals surface area contributed by atoms with Crippen molar-refractivity contribution in [2.75, 3.05) is 44.7 Å². The Bertz CT molecular complexity index is 1420. The molecule has 0 spiro atoms. The number of hydrogen-bond donors (Lipinski definition) is 4. The quantitative estimate of drug-likeness (QED) is 0.246. The first kappa shape index (κ1) is 29.3. The molecule has 15 nitrogen and oxygen atoms in total. The number of aliphatic hydroxyl groups is 2. The van der Waals surface area contributed by atoms with E-state index in [1.807, 2.05) is 22.8 Å². The van der Waals surface area contributed by atoms with Crippen molar-refractivity contribution in [3.8, 4) is 5.75 Å². The fraction of sp³-hybridized carbons (Fsp3) is 0.458. The molecule has 1 saturated heterocycles. The topological polar surface area (TPSA) is 193 Å². The number of nitrogens with zero attached hydrogens (tertiary/aromatic N) is 6. The predicted molar refractivity (Wildman–Crippen MR) is 139 cm³/mol. The summed E-state index contributed by atoms with van der Waals surface area (Å²) in [5.41, 5.74) is 1.36. The van der Waals surface area contributed by atoms with E-state index in [0.29, 0.717) is 17.7 Å². The Morgan fingerprint density at radius 2 is 1.54 bits per heavy atom. The molecule has 1 aliphatic rings. The van der Waals surface area contributed by atoms with Crippen LogP contribution >= 0.6 is 0 Å². The highest BCUT2D eigenvalue weighted by Crippen LogP contribution is 2.28. The van der Waals surface area contributed by atoms with Crippen LogP contribution in [-0.2, 0) is 30.2 Å². The van der Waals surface area contributed by atoms with Gasteiger partial charge in [-0.05, 0) is 12.1 Å². The van der Waals surface area contributed by atoms with E-state index < -0.39 is 24.1 Å². The average Bonchev–Trinajstić information content (AvgIpc) is 3.37. The fourth-order valence-corrected chi connectivity index (χ4v) is 4.19. The fourth-order valence-electron chi connectivity index (χ4n) is 4.19. The summed E-state index contributed by atoms with van der Waals surface area (Å²) >= 11 is 0. The van der Waals surface area contributed by atoms with Crippen LogP contribution in [0.5, 0.6) is 5.75 Å². The van der Waals surface area contributed by atoms with Crippen molar-refractivity contribution in [3.05, 3.63) is 51.4 Å². The van der Waals surface area contributed by atoms with Gasteiger partial charge in [-0.3, -0.25) is 18.8 Å². The molecule has 4 rings (SSSR count). The number of imidazole rings is 1. The van der Waals surface area contributed by atoms with Gasteiger partial charge in [-0.2, -0.15) is 0 Å². The molecule has 0 radical (unpaired) electrons. The van der Waals surface area contributed by atoms with E-state index in [0.717, 1.165) is 48.7 Å². The zero-order valence-electron chi connectivity index (χ0n) is 21.8. The van der Waals surface area contributed by atoms with Crippen molar-refractivity contribution in [3.63, 3.8) is 0 Å². The molecule has 2 aromatic heterocycles. The SMILES string of the molecule is COc1ccccc1N1CCN(CCn2cnc3c2c(=O)n(C)c(=O)n3C)CC1.O=C(O)C(O)C(O)C(=O)O. The summed E-state index contributed by atoms with van der Waals surface area (Å²) in [6.07, 6.45) is -2.88. The van der Waals surface area contributed by atoms with Gasteiger partial charge in [-0.25, -0.2) is 19.4 Å². The first-order valence-corrected chi connectivity index (χ1v) is 12.0. The van der Waals surface area contributed by atoms with Crippen LogP contribution in [0.15, 0.2) is 40.2 Å². The molecule has 1 aliphatic heterocycles. The summed E-state index contributed by atoms with van der Waals surface area (Å²) in [4.78, 5) is 53.2. The Morgan fingerprint density at radius 1 is 0.949 bits per heavy atom. The Kier molecular flexibility index (Phi) is 9.45. The third kappa shape index (κ3) is 6.45. The molecule has 212 valence electrons. The highest BCUT2D eigenvalue weighted by Gasteiger charge is 2.29. The molecular weight excluding hydrogens is 516 g/mol. The van der Waals surface area contributed by atoms with Crippen molar-refractivity contribution in [2.24, 2.45) is 14.1 Å². The number of para-hydroxylation sites is 2. The summed E-state index contributed by atoms with van der Waals surface area (Å²) in [6.45, 7) is 5.17. The number of aromatic nitrogens is 4. The molecule has 15 heteroatoms.